The summed E-state index contributed by atoms with van der Waals surface area (Å²) in [5, 5.41) is 1.25. The van der Waals surface area contributed by atoms with E-state index >= 15 is 0 Å². The fourth-order valence-electron chi connectivity index (χ4n) is 1.21. The van der Waals surface area contributed by atoms with Gasteiger partial charge in [-0.15, -0.1) is 0 Å². The van der Waals surface area contributed by atoms with Crippen LogP contribution < -0.4 is 5.43 Å². The molecule has 0 atom stereocenters. The van der Waals surface area contributed by atoms with Gasteiger partial charge in [-0.2, -0.15) is 0 Å². The standard InChI is InChI=1S/C11H16N4O2/c1-4-6-15(10(16)9(2)3)13-11(17)14-7-5-12-8-14/h5,7-8H,2,4,6H2,1,3H3,(H,13,17). The zero-order chi connectivity index (χ0) is 12.8. The first-order chi connectivity index (χ1) is 8.06. The van der Waals surface area contributed by atoms with Crippen molar-refractivity contribution in [3.63, 3.8) is 0 Å². The summed E-state index contributed by atoms with van der Waals surface area (Å²) in [7, 11) is 0. The molecular formula is C11H16N4O2. The maximum atomic E-state index is 11.7. The van der Waals surface area contributed by atoms with Crippen molar-refractivity contribution in [2.24, 2.45) is 0 Å². The highest BCUT2D eigenvalue weighted by molar-refractivity contribution is 5.93. The monoisotopic (exact) mass is 236 g/mol. The third-order valence-corrected chi connectivity index (χ3v) is 2.03. The molecule has 0 radical (unpaired) electrons. The molecule has 0 unspecified atom stereocenters. The molecule has 17 heavy (non-hydrogen) atoms. The number of aromatic nitrogens is 2. The molecule has 6 heteroatoms. The first-order valence-electron chi connectivity index (χ1n) is 5.32. The number of hydrazine groups is 1. The maximum absolute atomic E-state index is 11.7. The second kappa shape index (κ2) is 5.83. The van der Waals surface area contributed by atoms with Gasteiger partial charge in [0.15, 0.2) is 0 Å². The highest BCUT2D eigenvalue weighted by Crippen LogP contribution is 1.98. The van der Waals surface area contributed by atoms with Crippen LogP contribution in [0.4, 0.5) is 4.79 Å². The Morgan fingerprint density at radius 3 is 2.71 bits per heavy atom. The molecule has 0 spiro atoms. The zero-order valence-electron chi connectivity index (χ0n) is 10.0. The van der Waals surface area contributed by atoms with Crippen molar-refractivity contribution in [3.8, 4) is 0 Å². The number of rotatable bonds is 3. The number of hydrogen-bond acceptors (Lipinski definition) is 3. The molecule has 2 amide bonds. The largest absolute Gasteiger partial charge is 0.345 e. The molecule has 0 aliphatic heterocycles. The molecule has 1 aromatic rings. The van der Waals surface area contributed by atoms with Crippen LogP contribution in [0.1, 0.15) is 20.3 Å². The molecule has 1 aromatic heterocycles. The summed E-state index contributed by atoms with van der Waals surface area (Å²) in [6.45, 7) is 7.53. The second-order valence-electron chi connectivity index (χ2n) is 3.62. The molecule has 0 saturated heterocycles. The molecule has 0 aliphatic carbocycles. The molecule has 1 rings (SSSR count). The van der Waals surface area contributed by atoms with Crippen LogP contribution >= 0.6 is 0 Å². The minimum absolute atomic E-state index is 0.291. The van der Waals surface area contributed by atoms with Crippen molar-refractivity contribution >= 4 is 11.9 Å². The van der Waals surface area contributed by atoms with Crippen molar-refractivity contribution in [1.82, 2.24) is 20.0 Å². The summed E-state index contributed by atoms with van der Waals surface area (Å²) in [5.41, 5.74) is 2.89. The van der Waals surface area contributed by atoms with Crippen molar-refractivity contribution in [1.29, 1.82) is 0 Å². The van der Waals surface area contributed by atoms with E-state index < -0.39 is 6.03 Å². The van der Waals surface area contributed by atoms with Crippen molar-refractivity contribution < 1.29 is 9.59 Å². The lowest BCUT2D eigenvalue weighted by Crippen LogP contribution is -2.48. The molecule has 0 bridgehead atoms. The molecule has 0 saturated carbocycles. The minimum Gasteiger partial charge on any atom is -0.268 e. The number of imidazole rings is 1. The van der Waals surface area contributed by atoms with Gasteiger partial charge in [0.25, 0.3) is 5.91 Å². The van der Waals surface area contributed by atoms with Crippen LogP contribution in [0.5, 0.6) is 0 Å². The van der Waals surface area contributed by atoms with Gasteiger partial charge in [-0.25, -0.2) is 20.2 Å². The number of carbonyl (C=O) groups is 2. The lowest BCUT2D eigenvalue weighted by Gasteiger charge is -2.22. The number of nitrogens with one attached hydrogen (secondary N) is 1. The number of amides is 2. The van der Waals surface area contributed by atoms with E-state index in [4.69, 9.17) is 0 Å². The zero-order valence-corrected chi connectivity index (χ0v) is 10.0. The number of carbonyl (C=O) groups excluding carboxylic acids is 2. The van der Waals surface area contributed by atoms with Gasteiger partial charge in [0.2, 0.25) is 0 Å². The molecule has 92 valence electrons. The maximum Gasteiger partial charge on any atom is 0.345 e. The lowest BCUT2D eigenvalue weighted by atomic mass is 10.3. The molecule has 0 fully saturated rings. The Labute approximate surface area is 99.9 Å². The summed E-state index contributed by atoms with van der Waals surface area (Å²) in [6, 6.07) is -0.425. The van der Waals surface area contributed by atoms with Gasteiger partial charge in [0.1, 0.15) is 6.33 Å². The summed E-state index contributed by atoms with van der Waals surface area (Å²) in [6.07, 6.45) is 5.10. The predicted molar refractivity (Wildman–Crippen MR) is 63.0 cm³/mol. The van der Waals surface area contributed by atoms with Crippen LogP contribution in [0, 0.1) is 0 Å². The highest BCUT2D eigenvalue weighted by atomic mass is 16.2. The summed E-state index contributed by atoms with van der Waals surface area (Å²) < 4.78 is 1.26. The van der Waals surface area contributed by atoms with E-state index in [9.17, 15) is 9.59 Å². The third kappa shape index (κ3) is 3.44. The second-order valence-corrected chi connectivity index (χ2v) is 3.62. The average molecular weight is 236 g/mol. The molecule has 0 aliphatic rings. The van der Waals surface area contributed by atoms with Gasteiger partial charge in [-0.1, -0.05) is 13.5 Å². The van der Waals surface area contributed by atoms with Gasteiger partial charge < -0.3 is 0 Å². The molecular weight excluding hydrogens is 220 g/mol. The topological polar surface area (TPSA) is 67.2 Å². The van der Waals surface area contributed by atoms with Gasteiger partial charge in [-0.3, -0.25) is 9.36 Å². The highest BCUT2D eigenvalue weighted by Gasteiger charge is 2.16. The van der Waals surface area contributed by atoms with E-state index in [1.807, 2.05) is 6.92 Å². The van der Waals surface area contributed by atoms with Crippen LogP contribution in [-0.2, 0) is 4.79 Å². The van der Waals surface area contributed by atoms with E-state index in [2.05, 4.69) is 17.0 Å². The van der Waals surface area contributed by atoms with Crippen LogP contribution in [0.15, 0.2) is 30.9 Å². The smallest absolute Gasteiger partial charge is 0.268 e. The Hall–Kier alpha value is -2.11. The van der Waals surface area contributed by atoms with Crippen molar-refractivity contribution in [2.75, 3.05) is 6.54 Å². The van der Waals surface area contributed by atoms with Crippen LogP contribution in [0.3, 0.4) is 0 Å². The van der Waals surface area contributed by atoms with Crippen LogP contribution in [0.2, 0.25) is 0 Å². The number of nitrogens with zero attached hydrogens (tertiary/aromatic N) is 3. The third-order valence-electron chi connectivity index (χ3n) is 2.03. The average Bonchev–Trinajstić information content (AvgIpc) is 2.80. The van der Waals surface area contributed by atoms with Gasteiger partial charge in [0, 0.05) is 24.5 Å². The quantitative estimate of drug-likeness (QED) is 0.632. The fourth-order valence-corrected chi connectivity index (χ4v) is 1.21. The molecule has 6 nitrogen and oxygen atoms in total. The number of hydrogen-bond donors (Lipinski definition) is 1. The first kappa shape index (κ1) is 13.0. The predicted octanol–water partition coefficient (Wildman–Crippen LogP) is 1.17. The molecule has 1 N–H and O–H groups in total. The van der Waals surface area contributed by atoms with E-state index in [1.54, 1.807) is 6.92 Å². The normalized spacial score (nSPS) is 9.76. The first-order valence-corrected chi connectivity index (χ1v) is 5.32. The Bertz CT molecular complexity index is 411. The van der Waals surface area contributed by atoms with Crippen molar-refractivity contribution in [3.05, 3.63) is 30.9 Å². The minimum atomic E-state index is -0.425. The van der Waals surface area contributed by atoms with E-state index in [0.717, 1.165) is 6.42 Å². The Kier molecular flexibility index (Phi) is 4.45. The lowest BCUT2D eigenvalue weighted by molar-refractivity contribution is -0.129. The summed E-state index contributed by atoms with van der Waals surface area (Å²) in [5.74, 6) is -0.291. The summed E-state index contributed by atoms with van der Waals surface area (Å²) >= 11 is 0. The van der Waals surface area contributed by atoms with E-state index in [1.165, 1.54) is 28.3 Å². The van der Waals surface area contributed by atoms with Gasteiger partial charge in [-0.05, 0) is 13.3 Å². The Morgan fingerprint density at radius 2 is 2.24 bits per heavy atom. The Morgan fingerprint density at radius 1 is 1.53 bits per heavy atom. The Balaban J connectivity index is 2.70. The van der Waals surface area contributed by atoms with Crippen LogP contribution in [-0.4, -0.2) is 33.0 Å². The van der Waals surface area contributed by atoms with E-state index in [-0.39, 0.29) is 5.91 Å². The summed E-state index contributed by atoms with van der Waals surface area (Å²) in [4.78, 5) is 27.2. The van der Waals surface area contributed by atoms with Gasteiger partial charge >= 0.3 is 6.03 Å². The molecule has 0 aromatic carbocycles. The van der Waals surface area contributed by atoms with E-state index in [0.29, 0.717) is 12.1 Å². The SMILES string of the molecule is C=C(C)C(=O)N(CCC)NC(=O)n1ccnc1. The van der Waals surface area contributed by atoms with Gasteiger partial charge in [0.05, 0.1) is 0 Å². The fraction of sp³-hybridized carbons (Fsp3) is 0.364. The molecule has 1 heterocycles. The van der Waals surface area contributed by atoms with Crippen molar-refractivity contribution in [2.45, 2.75) is 20.3 Å². The van der Waals surface area contributed by atoms with Crippen LogP contribution in [0.25, 0.3) is 0 Å².